The van der Waals surface area contributed by atoms with Crippen molar-refractivity contribution < 1.29 is 9.32 Å². The van der Waals surface area contributed by atoms with Crippen LogP contribution in [0.15, 0.2) is 16.7 Å². The van der Waals surface area contributed by atoms with Crippen molar-refractivity contribution in [2.24, 2.45) is 0 Å². The van der Waals surface area contributed by atoms with E-state index < -0.39 is 0 Å². The third kappa shape index (κ3) is 5.06. The standard InChI is InChI=1S/C16H24N4O2S/c1-5-6-9-20(10-14-8-7-11(2)23-14)16(21)17-12(3)15-18-13(4)19-22-15/h7-8,12H,5-6,9-10H2,1-4H3,(H,17,21). The minimum atomic E-state index is -0.308. The number of amides is 2. The smallest absolute Gasteiger partial charge is 0.318 e. The Balaban J connectivity index is 2.00. The van der Waals surface area contributed by atoms with Gasteiger partial charge in [-0.15, -0.1) is 11.3 Å². The monoisotopic (exact) mass is 336 g/mol. The Labute approximate surface area is 140 Å². The van der Waals surface area contributed by atoms with Gasteiger partial charge in [-0.3, -0.25) is 0 Å². The van der Waals surface area contributed by atoms with Gasteiger partial charge >= 0.3 is 6.03 Å². The molecule has 0 aromatic carbocycles. The van der Waals surface area contributed by atoms with Gasteiger partial charge in [0.2, 0.25) is 5.89 Å². The summed E-state index contributed by atoms with van der Waals surface area (Å²) in [5, 5.41) is 6.70. The maximum Gasteiger partial charge on any atom is 0.318 e. The van der Waals surface area contributed by atoms with Crippen LogP contribution < -0.4 is 5.32 Å². The van der Waals surface area contributed by atoms with Gasteiger partial charge in [0, 0.05) is 16.3 Å². The molecule has 2 aromatic rings. The van der Waals surface area contributed by atoms with Gasteiger partial charge in [0.25, 0.3) is 0 Å². The van der Waals surface area contributed by atoms with Gasteiger partial charge in [-0.1, -0.05) is 18.5 Å². The molecule has 2 amide bonds. The Morgan fingerprint density at radius 2 is 2.22 bits per heavy atom. The van der Waals surface area contributed by atoms with Crippen molar-refractivity contribution in [2.75, 3.05) is 6.54 Å². The molecule has 0 saturated heterocycles. The fraction of sp³-hybridized carbons (Fsp3) is 0.562. The van der Waals surface area contributed by atoms with Gasteiger partial charge in [0.1, 0.15) is 6.04 Å². The summed E-state index contributed by atoms with van der Waals surface area (Å²) in [7, 11) is 0. The number of aryl methyl sites for hydroxylation is 2. The average molecular weight is 336 g/mol. The molecule has 1 atom stereocenters. The van der Waals surface area contributed by atoms with Crippen LogP contribution >= 0.6 is 11.3 Å². The summed E-state index contributed by atoms with van der Waals surface area (Å²) < 4.78 is 5.12. The van der Waals surface area contributed by atoms with Crippen LogP contribution in [0.2, 0.25) is 0 Å². The van der Waals surface area contributed by atoms with Crippen LogP contribution in [-0.4, -0.2) is 27.6 Å². The first-order valence-corrected chi connectivity index (χ1v) is 8.72. The number of nitrogens with zero attached hydrogens (tertiary/aromatic N) is 3. The van der Waals surface area contributed by atoms with Crippen LogP contribution in [0.1, 0.15) is 54.2 Å². The first kappa shape index (κ1) is 17.5. The molecule has 0 aliphatic heterocycles. The Kier molecular flexibility index (Phi) is 6.15. The molecule has 0 fully saturated rings. The molecule has 0 saturated carbocycles. The number of carbonyl (C=O) groups is 1. The number of unbranched alkanes of at least 4 members (excludes halogenated alkanes) is 1. The minimum Gasteiger partial charge on any atom is -0.337 e. The van der Waals surface area contributed by atoms with E-state index in [4.69, 9.17) is 4.52 Å². The number of thiophene rings is 1. The molecule has 23 heavy (non-hydrogen) atoms. The summed E-state index contributed by atoms with van der Waals surface area (Å²) in [4.78, 5) is 21.0. The molecule has 6 nitrogen and oxygen atoms in total. The number of rotatable bonds is 7. The van der Waals surface area contributed by atoms with Crippen LogP contribution in [0.3, 0.4) is 0 Å². The summed E-state index contributed by atoms with van der Waals surface area (Å²) in [6, 6.07) is 3.75. The summed E-state index contributed by atoms with van der Waals surface area (Å²) in [6.45, 7) is 9.15. The third-order valence-electron chi connectivity index (χ3n) is 3.47. The fourth-order valence-electron chi connectivity index (χ4n) is 2.19. The van der Waals surface area contributed by atoms with E-state index in [2.05, 4.69) is 41.4 Å². The van der Waals surface area contributed by atoms with E-state index >= 15 is 0 Å². The van der Waals surface area contributed by atoms with Gasteiger partial charge in [-0.25, -0.2) is 4.79 Å². The van der Waals surface area contributed by atoms with E-state index in [1.807, 2.05) is 11.8 Å². The van der Waals surface area contributed by atoms with Crippen molar-refractivity contribution in [2.45, 2.75) is 53.1 Å². The minimum absolute atomic E-state index is 0.104. The lowest BCUT2D eigenvalue weighted by Gasteiger charge is -2.23. The molecule has 0 aliphatic rings. The molecule has 1 N–H and O–H groups in total. The molecule has 0 bridgehead atoms. The summed E-state index contributed by atoms with van der Waals surface area (Å²) in [6.07, 6.45) is 2.03. The van der Waals surface area contributed by atoms with Crippen molar-refractivity contribution >= 4 is 17.4 Å². The number of carbonyl (C=O) groups excluding carboxylic acids is 1. The van der Waals surface area contributed by atoms with E-state index in [0.29, 0.717) is 18.3 Å². The number of urea groups is 1. The second-order valence-electron chi connectivity index (χ2n) is 5.64. The molecule has 7 heteroatoms. The van der Waals surface area contributed by atoms with E-state index in [-0.39, 0.29) is 12.1 Å². The molecule has 0 aliphatic carbocycles. The van der Waals surface area contributed by atoms with Crippen LogP contribution in [0.25, 0.3) is 0 Å². The van der Waals surface area contributed by atoms with E-state index in [1.54, 1.807) is 18.3 Å². The van der Waals surface area contributed by atoms with Gasteiger partial charge in [-0.2, -0.15) is 4.98 Å². The van der Waals surface area contributed by atoms with Gasteiger partial charge < -0.3 is 14.7 Å². The number of hydrogen-bond donors (Lipinski definition) is 1. The summed E-state index contributed by atoms with van der Waals surface area (Å²) in [5.41, 5.74) is 0. The Morgan fingerprint density at radius 1 is 1.43 bits per heavy atom. The molecular weight excluding hydrogens is 312 g/mol. The second kappa shape index (κ2) is 8.10. The van der Waals surface area contributed by atoms with Crippen molar-refractivity contribution in [3.63, 3.8) is 0 Å². The van der Waals surface area contributed by atoms with Crippen LogP contribution in [-0.2, 0) is 6.54 Å². The van der Waals surface area contributed by atoms with E-state index in [9.17, 15) is 4.79 Å². The lowest BCUT2D eigenvalue weighted by molar-refractivity contribution is 0.188. The topological polar surface area (TPSA) is 71.3 Å². The number of nitrogens with one attached hydrogen (secondary N) is 1. The Hall–Kier alpha value is -1.89. The zero-order valence-electron chi connectivity index (χ0n) is 14.1. The van der Waals surface area contributed by atoms with Gasteiger partial charge in [0.15, 0.2) is 5.82 Å². The first-order chi connectivity index (χ1) is 11.0. The summed E-state index contributed by atoms with van der Waals surface area (Å²) >= 11 is 1.72. The highest BCUT2D eigenvalue weighted by atomic mass is 32.1. The SMILES string of the molecule is CCCCN(Cc1ccc(C)s1)C(=O)NC(C)c1nc(C)no1. The van der Waals surface area contributed by atoms with Gasteiger partial charge in [-0.05, 0) is 39.3 Å². The van der Waals surface area contributed by atoms with Crippen molar-refractivity contribution in [1.82, 2.24) is 20.4 Å². The molecule has 2 heterocycles. The number of hydrogen-bond acceptors (Lipinski definition) is 5. The van der Waals surface area contributed by atoms with Crippen LogP contribution in [0.4, 0.5) is 4.79 Å². The van der Waals surface area contributed by atoms with Crippen LogP contribution in [0, 0.1) is 13.8 Å². The van der Waals surface area contributed by atoms with Crippen molar-refractivity contribution in [3.05, 3.63) is 33.6 Å². The van der Waals surface area contributed by atoms with Crippen molar-refractivity contribution in [1.29, 1.82) is 0 Å². The molecular formula is C16H24N4O2S. The highest BCUT2D eigenvalue weighted by Gasteiger charge is 2.20. The molecule has 1 unspecified atom stereocenters. The first-order valence-electron chi connectivity index (χ1n) is 7.90. The highest BCUT2D eigenvalue weighted by molar-refractivity contribution is 7.11. The Bertz CT molecular complexity index is 638. The molecule has 2 rings (SSSR count). The zero-order chi connectivity index (χ0) is 16.8. The molecule has 0 radical (unpaired) electrons. The van der Waals surface area contributed by atoms with Crippen molar-refractivity contribution in [3.8, 4) is 0 Å². The fourth-order valence-corrected chi connectivity index (χ4v) is 3.09. The quantitative estimate of drug-likeness (QED) is 0.834. The molecule has 2 aromatic heterocycles. The number of aromatic nitrogens is 2. The maximum atomic E-state index is 12.6. The summed E-state index contributed by atoms with van der Waals surface area (Å²) in [5.74, 6) is 0.997. The predicted octanol–water partition coefficient (Wildman–Crippen LogP) is 3.82. The lowest BCUT2D eigenvalue weighted by Crippen LogP contribution is -2.41. The van der Waals surface area contributed by atoms with E-state index in [0.717, 1.165) is 19.4 Å². The lowest BCUT2D eigenvalue weighted by atomic mass is 10.3. The van der Waals surface area contributed by atoms with Gasteiger partial charge in [0.05, 0.1) is 6.54 Å². The van der Waals surface area contributed by atoms with E-state index in [1.165, 1.54) is 9.75 Å². The maximum absolute atomic E-state index is 12.6. The third-order valence-corrected chi connectivity index (χ3v) is 4.45. The normalized spacial score (nSPS) is 12.2. The second-order valence-corrected chi connectivity index (χ2v) is 7.01. The molecule has 126 valence electrons. The molecule has 0 spiro atoms. The zero-order valence-corrected chi connectivity index (χ0v) is 14.9. The van der Waals surface area contributed by atoms with Crippen LogP contribution in [0.5, 0.6) is 0 Å². The largest absolute Gasteiger partial charge is 0.337 e. The Morgan fingerprint density at radius 3 is 2.78 bits per heavy atom. The predicted molar refractivity (Wildman–Crippen MR) is 90.4 cm³/mol. The average Bonchev–Trinajstić information content (AvgIpc) is 3.12. The highest BCUT2D eigenvalue weighted by Crippen LogP contribution is 2.18.